The van der Waals surface area contributed by atoms with Crippen LogP contribution in [0.4, 0.5) is 23.0 Å². The summed E-state index contributed by atoms with van der Waals surface area (Å²) < 4.78 is 61.0. The van der Waals surface area contributed by atoms with Gasteiger partial charge in [0.25, 0.3) is 0 Å². The Kier molecular flexibility index (Phi) is 17.3. The molecule has 21 heteroatoms. The van der Waals surface area contributed by atoms with Crippen LogP contribution in [-0.2, 0) is 55.7 Å². The number of nitrogens with two attached hydrogens (primary N) is 1. The molecular formula is C54H60N10O9S2. The van der Waals surface area contributed by atoms with Gasteiger partial charge in [0.2, 0.25) is 26.0 Å². The minimum atomic E-state index is -3.20. The third kappa shape index (κ3) is 15.1. The maximum absolute atomic E-state index is 12.7. The number of carbonyl (C=O) groups is 2. The summed E-state index contributed by atoms with van der Waals surface area (Å²) in [5.41, 5.74) is 12.8. The first-order valence-corrected chi connectivity index (χ1v) is 27.9. The lowest BCUT2D eigenvalue weighted by molar-refractivity contribution is -0.136. The summed E-state index contributed by atoms with van der Waals surface area (Å²) in [6, 6.07) is 45.8. The number of aliphatic carboxylic acids is 1. The molecule has 0 saturated carbocycles. The van der Waals surface area contributed by atoms with Gasteiger partial charge in [-0.25, -0.2) is 16.8 Å². The highest BCUT2D eigenvalue weighted by atomic mass is 32.2. The van der Waals surface area contributed by atoms with Crippen molar-refractivity contribution in [2.45, 2.75) is 26.1 Å². The molecule has 2 fully saturated rings. The van der Waals surface area contributed by atoms with E-state index in [9.17, 15) is 26.4 Å². The number of aromatic amines is 2. The zero-order valence-electron chi connectivity index (χ0n) is 41.6. The Morgan fingerprint density at radius 3 is 1.43 bits per heavy atom. The van der Waals surface area contributed by atoms with Gasteiger partial charge in [0.1, 0.15) is 24.7 Å². The molecule has 10 rings (SSSR count). The molecule has 2 aromatic heterocycles. The van der Waals surface area contributed by atoms with Crippen molar-refractivity contribution in [2.75, 3.05) is 85.7 Å². The van der Waals surface area contributed by atoms with Gasteiger partial charge < -0.3 is 35.4 Å². The molecule has 0 atom stereocenters. The molecule has 0 bridgehead atoms. The van der Waals surface area contributed by atoms with Crippen LogP contribution in [0.15, 0.2) is 146 Å². The van der Waals surface area contributed by atoms with E-state index in [1.165, 1.54) is 21.1 Å². The lowest BCUT2D eigenvalue weighted by Gasteiger charge is -2.33. The highest BCUT2D eigenvalue weighted by molar-refractivity contribution is 7.88. The molecule has 2 aliphatic rings. The standard InChI is InChI=1S/C27H29N5O4S.C15H14O3.C12H17N5O2S/c1-37(34,35)32-15-13-31(14-16-32)27-24-18-22(9-12-25(24)29-30-27)28-26(33)17-20-7-10-23(11-8-20)36-19-21-5-3-2-4-6-21;16-15(17)10-12-6-8-14(9-7-12)18-11-13-4-2-1-3-5-13;1-20(18,19)17-6-4-16(5-7-17)12-10-8-9(13)2-3-11(10)14-15-12/h2-12,18H,13-17,19H2,1H3,(H,28,33)(H,29,30);1-9H,10-11H2,(H,16,17);2-3,8H,4-7,13H2,1H3,(H,14,15). The number of nitrogen functional groups attached to an aromatic ring is 1. The average molecular weight is 1060 g/mol. The number of nitrogens with one attached hydrogen (secondary N) is 3. The maximum atomic E-state index is 12.7. The van der Waals surface area contributed by atoms with Crippen molar-refractivity contribution in [1.82, 2.24) is 29.0 Å². The van der Waals surface area contributed by atoms with E-state index in [0.29, 0.717) is 76.9 Å². The second-order valence-electron chi connectivity index (χ2n) is 18.1. The fourth-order valence-electron chi connectivity index (χ4n) is 8.49. The van der Waals surface area contributed by atoms with Crippen LogP contribution in [-0.4, -0.2) is 128 Å². The number of hydrogen-bond donors (Lipinski definition) is 5. The van der Waals surface area contributed by atoms with Crippen molar-refractivity contribution >= 4 is 76.7 Å². The van der Waals surface area contributed by atoms with Crippen LogP contribution in [0.1, 0.15) is 22.3 Å². The molecule has 6 N–H and O–H groups in total. The summed E-state index contributed by atoms with van der Waals surface area (Å²) >= 11 is 0. The molecule has 1 amide bonds. The quantitative estimate of drug-likeness (QED) is 0.0686. The fourth-order valence-corrected chi connectivity index (χ4v) is 10.1. The summed E-state index contributed by atoms with van der Waals surface area (Å²) in [6.45, 7) is 5.16. The van der Waals surface area contributed by atoms with Gasteiger partial charge in [-0.1, -0.05) is 84.9 Å². The smallest absolute Gasteiger partial charge is 0.307 e. The molecule has 4 heterocycles. The van der Waals surface area contributed by atoms with Crippen LogP contribution in [0.25, 0.3) is 21.8 Å². The molecule has 6 aromatic carbocycles. The Bertz CT molecular complexity index is 3400. The van der Waals surface area contributed by atoms with Crippen molar-refractivity contribution in [2.24, 2.45) is 0 Å². The predicted octanol–water partition coefficient (Wildman–Crippen LogP) is 6.52. The molecule has 2 saturated heterocycles. The largest absolute Gasteiger partial charge is 0.489 e. The van der Waals surface area contributed by atoms with Crippen molar-refractivity contribution in [3.05, 3.63) is 168 Å². The molecule has 392 valence electrons. The zero-order valence-corrected chi connectivity index (χ0v) is 43.3. The first kappa shape index (κ1) is 53.3. The maximum Gasteiger partial charge on any atom is 0.307 e. The number of benzene rings is 6. The lowest BCUT2D eigenvalue weighted by Crippen LogP contribution is -2.48. The number of carboxylic acid groups (broad SMARTS) is 1. The number of amides is 1. The first-order valence-electron chi connectivity index (χ1n) is 24.2. The molecule has 75 heavy (non-hydrogen) atoms. The number of piperazine rings is 2. The van der Waals surface area contributed by atoms with Crippen LogP contribution >= 0.6 is 0 Å². The second kappa shape index (κ2) is 24.4. The molecule has 0 radical (unpaired) electrons. The summed E-state index contributed by atoms with van der Waals surface area (Å²) in [6.07, 6.45) is 2.75. The molecule has 2 aliphatic heterocycles. The highest BCUT2D eigenvalue weighted by Gasteiger charge is 2.27. The van der Waals surface area contributed by atoms with Crippen molar-refractivity contribution in [1.29, 1.82) is 0 Å². The van der Waals surface area contributed by atoms with E-state index in [1.807, 2.05) is 121 Å². The first-order chi connectivity index (χ1) is 36.0. The summed E-state index contributed by atoms with van der Waals surface area (Å²) in [7, 11) is -6.31. The Hall–Kier alpha value is -7.98. The van der Waals surface area contributed by atoms with E-state index in [2.05, 4.69) is 35.5 Å². The average Bonchev–Trinajstić information content (AvgIpc) is 4.03. The van der Waals surface area contributed by atoms with Gasteiger partial charge in [-0.05, 0) is 82.9 Å². The predicted molar refractivity (Wildman–Crippen MR) is 292 cm³/mol. The van der Waals surface area contributed by atoms with E-state index in [1.54, 1.807) is 24.3 Å². The third-order valence-electron chi connectivity index (χ3n) is 12.5. The molecule has 0 aliphatic carbocycles. The molecular weight excluding hydrogens is 997 g/mol. The molecule has 0 unspecified atom stereocenters. The third-order valence-corrected chi connectivity index (χ3v) is 15.1. The van der Waals surface area contributed by atoms with Crippen LogP contribution in [0.2, 0.25) is 0 Å². The Morgan fingerprint density at radius 2 is 0.987 bits per heavy atom. The van der Waals surface area contributed by atoms with Gasteiger partial charge in [0, 0.05) is 74.5 Å². The number of ether oxygens (including phenoxy) is 2. The number of rotatable bonds is 15. The number of H-pyrrole nitrogens is 2. The molecule has 8 aromatic rings. The summed E-state index contributed by atoms with van der Waals surface area (Å²) in [5, 5.41) is 28.3. The summed E-state index contributed by atoms with van der Waals surface area (Å²) in [5.74, 6) is 2.14. The van der Waals surface area contributed by atoms with E-state index in [4.69, 9.17) is 20.3 Å². The molecule has 0 spiro atoms. The van der Waals surface area contributed by atoms with E-state index < -0.39 is 26.0 Å². The van der Waals surface area contributed by atoms with Crippen molar-refractivity contribution in [3.63, 3.8) is 0 Å². The molecule has 19 nitrogen and oxygen atoms in total. The number of sulfonamides is 2. The second-order valence-corrected chi connectivity index (χ2v) is 22.1. The lowest BCUT2D eigenvalue weighted by atomic mass is 10.1. The Labute approximate surface area is 436 Å². The van der Waals surface area contributed by atoms with Crippen molar-refractivity contribution in [3.8, 4) is 11.5 Å². The Balaban J connectivity index is 0.000000165. The SMILES string of the molecule is CS(=O)(=O)N1CCN(c2n[nH]c3ccc(N)cc23)CC1.CS(=O)(=O)N1CCN(c2n[nH]c3ccc(NC(=O)Cc4ccc(OCc5ccccc5)cc4)cc23)CC1.O=C(O)Cc1ccc(OCc2ccccc2)cc1. The van der Waals surface area contributed by atoms with Crippen LogP contribution in [0, 0.1) is 0 Å². The Morgan fingerprint density at radius 1 is 0.560 bits per heavy atom. The van der Waals surface area contributed by atoms with Crippen LogP contribution in [0.3, 0.4) is 0 Å². The van der Waals surface area contributed by atoms with E-state index in [0.717, 1.165) is 67.2 Å². The number of carbonyl (C=O) groups excluding carboxylic acids is 1. The highest BCUT2D eigenvalue weighted by Crippen LogP contribution is 2.29. The number of carboxylic acids is 1. The monoisotopic (exact) mass is 1060 g/mol. The van der Waals surface area contributed by atoms with Crippen LogP contribution < -0.4 is 30.3 Å². The van der Waals surface area contributed by atoms with Gasteiger partial charge >= 0.3 is 5.97 Å². The van der Waals surface area contributed by atoms with Crippen LogP contribution in [0.5, 0.6) is 11.5 Å². The number of anilines is 4. The summed E-state index contributed by atoms with van der Waals surface area (Å²) in [4.78, 5) is 27.4. The normalized spacial score (nSPS) is 14.3. The zero-order chi connectivity index (χ0) is 53.0. The van der Waals surface area contributed by atoms with Gasteiger partial charge in [-0.3, -0.25) is 19.8 Å². The minimum absolute atomic E-state index is 0.0406. The number of hydrogen-bond acceptors (Lipinski definition) is 13. The van der Waals surface area contributed by atoms with Gasteiger partial charge in [0.05, 0.1) is 36.4 Å². The van der Waals surface area contributed by atoms with Crippen molar-refractivity contribution < 1.29 is 41.0 Å². The number of aromatic nitrogens is 4. The topological polar surface area (TPSA) is 249 Å². The number of fused-ring (bicyclic) bond motifs is 2. The van der Waals surface area contributed by atoms with E-state index >= 15 is 0 Å². The minimum Gasteiger partial charge on any atom is -0.489 e. The van der Waals surface area contributed by atoms with E-state index in [-0.39, 0.29) is 18.7 Å². The van der Waals surface area contributed by atoms with Gasteiger partial charge in [-0.15, -0.1) is 0 Å². The number of nitrogens with zero attached hydrogens (tertiary/aromatic N) is 6. The van der Waals surface area contributed by atoms with Gasteiger partial charge in [-0.2, -0.15) is 18.8 Å². The fraction of sp³-hybridized carbons (Fsp3) is 0.259. The van der Waals surface area contributed by atoms with Gasteiger partial charge in [0.15, 0.2) is 11.6 Å².